The molecule has 5 unspecified atom stereocenters. The van der Waals surface area contributed by atoms with Crippen LogP contribution in [0.3, 0.4) is 0 Å². The summed E-state index contributed by atoms with van der Waals surface area (Å²) < 4.78 is 6.08. The summed E-state index contributed by atoms with van der Waals surface area (Å²) in [7, 11) is 0. The second-order valence-corrected chi connectivity index (χ2v) is 13.1. The molecule has 3 nitrogen and oxygen atoms in total. The molecule has 0 amide bonds. The monoisotopic (exact) mass is 390 g/mol. The minimum absolute atomic E-state index is 0.287. The van der Waals surface area contributed by atoms with Crippen LogP contribution in [-0.2, 0) is 4.74 Å². The first-order chi connectivity index (χ1) is 12.9. The Morgan fingerprint density at radius 3 is 1.82 bits per heavy atom. The number of hydrogen-bond donors (Lipinski definition) is 0. The maximum Gasteiger partial charge on any atom is 0.0623 e. The van der Waals surface area contributed by atoms with E-state index in [2.05, 4.69) is 65.2 Å². The molecule has 4 bridgehead atoms. The lowest BCUT2D eigenvalue weighted by Gasteiger charge is -2.63. The van der Waals surface area contributed by atoms with Crippen molar-refractivity contribution in [3.05, 3.63) is 0 Å². The van der Waals surface area contributed by atoms with E-state index in [9.17, 15) is 0 Å². The molecule has 3 heteroatoms. The van der Waals surface area contributed by atoms with Gasteiger partial charge in [0.2, 0.25) is 0 Å². The number of morpholine rings is 1. The minimum atomic E-state index is 0.287. The molecule has 1 aliphatic carbocycles. The Labute approximate surface area is 174 Å². The van der Waals surface area contributed by atoms with E-state index < -0.39 is 0 Å². The molecular weight excluding hydrogens is 344 g/mol. The minimum Gasteiger partial charge on any atom is -0.378 e. The van der Waals surface area contributed by atoms with Crippen molar-refractivity contribution in [1.82, 2.24) is 9.80 Å². The molecule has 1 saturated carbocycles. The van der Waals surface area contributed by atoms with Gasteiger partial charge in [-0.15, -0.1) is 0 Å². The largest absolute Gasteiger partial charge is 0.378 e. The Hall–Kier alpha value is -0.120. The molecule has 0 aromatic heterocycles. The van der Waals surface area contributed by atoms with Crippen LogP contribution in [0.4, 0.5) is 0 Å². The fraction of sp³-hybridized carbons (Fsp3) is 1.00. The highest BCUT2D eigenvalue weighted by atomic mass is 16.5. The van der Waals surface area contributed by atoms with Gasteiger partial charge in [-0.1, -0.05) is 20.8 Å². The molecule has 5 rings (SSSR count). The van der Waals surface area contributed by atoms with E-state index in [1.165, 1.54) is 38.6 Å². The normalized spacial score (nSPS) is 40.7. The second kappa shape index (κ2) is 6.95. The van der Waals surface area contributed by atoms with Gasteiger partial charge in [-0.05, 0) is 89.9 Å². The van der Waals surface area contributed by atoms with Crippen molar-refractivity contribution in [3.63, 3.8) is 0 Å². The molecule has 162 valence electrons. The zero-order valence-corrected chi connectivity index (χ0v) is 19.9. The van der Waals surface area contributed by atoms with E-state index >= 15 is 0 Å². The standard InChI is InChI=1S/C25H46N2O/c1-23(2,3)18-11-20-15-28-16-21(12-18)27(20)25(7,8)22-13-19-10-9-17(22)14-26(19)24(4,5)6/h17-22H,9-16H2,1-8H3. The van der Waals surface area contributed by atoms with E-state index in [1.54, 1.807) is 0 Å². The average molecular weight is 391 g/mol. The van der Waals surface area contributed by atoms with Crippen molar-refractivity contribution < 1.29 is 4.74 Å². The summed E-state index contributed by atoms with van der Waals surface area (Å²) in [5, 5.41) is 0. The van der Waals surface area contributed by atoms with Crippen molar-refractivity contribution >= 4 is 0 Å². The van der Waals surface area contributed by atoms with Crippen LogP contribution in [-0.4, -0.2) is 58.8 Å². The molecule has 28 heavy (non-hydrogen) atoms. The van der Waals surface area contributed by atoms with Crippen molar-refractivity contribution in [2.24, 2.45) is 23.2 Å². The van der Waals surface area contributed by atoms with E-state index in [1.807, 2.05) is 0 Å². The third-order valence-corrected chi connectivity index (χ3v) is 9.02. The smallest absolute Gasteiger partial charge is 0.0623 e. The Morgan fingerprint density at radius 2 is 1.36 bits per heavy atom. The summed E-state index contributed by atoms with van der Waals surface area (Å²) in [6, 6.07) is 2.02. The predicted molar refractivity (Wildman–Crippen MR) is 118 cm³/mol. The van der Waals surface area contributed by atoms with Gasteiger partial charge in [-0.2, -0.15) is 0 Å². The molecule has 5 atom stereocenters. The van der Waals surface area contributed by atoms with Gasteiger partial charge in [0.1, 0.15) is 0 Å². The number of piperidine rings is 3. The number of rotatable bonds is 2. The first-order valence-corrected chi connectivity index (χ1v) is 12.0. The summed E-state index contributed by atoms with van der Waals surface area (Å²) in [6.07, 6.45) is 6.89. The van der Waals surface area contributed by atoms with Crippen molar-refractivity contribution in [2.45, 2.75) is 117 Å². The lowest BCUT2D eigenvalue weighted by atomic mass is 9.61. The molecule has 0 aromatic rings. The number of hydrogen-bond acceptors (Lipinski definition) is 3. The lowest BCUT2D eigenvalue weighted by molar-refractivity contribution is -0.174. The zero-order valence-electron chi connectivity index (χ0n) is 19.9. The second-order valence-electron chi connectivity index (χ2n) is 13.1. The first-order valence-electron chi connectivity index (χ1n) is 12.0. The van der Waals surface area contributed by atoms with Gasteiger partial charge < -0.3 is 4.74 Å². The number of ether oxygens (including phenoxy) is 1. The quantitative estimate of drug-likeness (QED) is 0.645. The topological polar surface area (TPSA) is 15.7 Å². The maximum absolute atomic E-state index is 6.08. The van der Waals surface area contributed by atoms with Crippen LogP contribution in [0.25, 0.3) is 0 Å². The molecular formula is C25H46N2O. The maximum atomic E-state index is 6.08. The van der Waals surface area contributed by atoms with E-state index in [-0.39, 0.29) is 5.54 Å². The molecule has 0 aromatic carbocycles. The Balaban J connectivity index is 1.54. The molecule has 4 aliphatic heterocycles. The van der Waals surface area contributed by atoms with Crippen LogP contribution in [0, 0.1) is 23.2 Å². The highest BCUT2D eigenvalue weighted by molar-refractivity contribution is 5.08. The number of fused-ring (bicyclic) bond motifs is 5. The van der Waals surface area contributed by atoms with Gasteiger partial charge in [0, 0.05) is 35.7 Å². The summed E-state index contributed by atoms with van der Waals surface area (Å²) in [4.78, 5) is 5.79. The Kier molecular flexibility index (Phi) is 5.25. The van der Waals surface area contributed by atoms with E-state index in [0.29, 0.717) is 23.0 Å². The summed E-state index contributed by atoms with van der Waals surface area (Å²) in [5.41, 5.74) is 1.02. The Morgan fingerprint density at radius 1 is 0.750 bits per heavy atom. The van der Waals surface area contributed by atoms with Gasteiger partial charge in [-0.3, -0.25) is 9.80 Å². The fourth-order valence-electron chi connectivity index (χ4n) is 7.56. The highest BCUT2D eigenvalue weighted by Gasteiger charge is 2.55. The third kappa shape index (κ3) is 3.58. The van der Waals surface area contributed by atoms with E-state index in [4.69, 9.17) is 4.74 Å². The summed E-state index contributed by atoms with van der Waals surface area (Å²) >= 11 is 0. The van der Waals surface area contributed by atoms with Crippen molar-refractivity contribution in [2.75, 3.05) is 19.8 Å². The van der Waals surface area contributed by atoms with Gasteiger partial charge in [0.05, 0.1) is 13.2 Å². The van der Waals surface area contributed by atoms with Crippen LogP contribution in [0.5, 0.6) is 0 Å². The predicted octanol–water partition coefficient (Wildman–Crippen LogP) is 5.19. The first kappa shape index (κ1) is 21.1. The molecule has 0 N–H and O–H groups in total. The van der Waals surface area contributed by atoms with Crippen LogP contribution >= 0.6 is 0 Å². The van der Waals surface area contributed by atoms with Gasteiger partial charge >= 0.3 is 0 Å². The van der Waals surface area contributed by atoms with Crippen molar-refractivity contribution in [3.8, 4) is 0 Å². The molecule has 5 fully saturated rings. The zero-order chi connectivity index (χ0) is 20.5. The third-order valence-electron chi connectivity index (χ3n) is 9.02. The molecule has 4 saturated heterocycles. The molecule has 0 spiro atoms. The van der Waals surface area contributed by atoms with Crippen molar-refractivity contribution in [1.29, 1.82) is 0 Å². The molecule has 0 radical (unpaired) electrons. The van der Waals surface area contributed by atoms with Gasteiger partial charge in [0.15, 0.2) is 0 Å². The van der Waals surface area contributed by atoms with Crippen LogP contribution in [0.2, 0.25) is 0 Å². The van der Waals surface area contributed by atoms with Gasteiger partial charge in [-0.25, -0.2) is 0 Å². The van der Waals surface area contributed by atoms with E-state index in [0.717, 1.165) is 37.0 Å². The highest BCUT2D eigenvalue weighted by Crippen LogP contribution is 2.51. The molecule has 5 aliphatic rings. The summed E-state index contributed by atoms with van der Waals surface area (Å²) in [6.45, 7) is 22.9. The average Bonchev–Trinajstić information content (AvgIpc) is 2.59. The van der Waals surface area contributed by atoms with Crippen LogP contribution < -0.4 is 0 Å². The lowest BCUT2D eigenvalue weighted by Crippen LogP contribution is -2.70. The summed E-state index contributed by atoms with van der Waals surface area (Å²) in [5.74, 6) is 2.53. The SMILES string of the molecule is CC(C)(C)C1CC2COCC(C1)N2C(C)(C)C1CC2CCC1CN2C(C)(C)C. The molecule has 4 heterocycles. The fourth-order valence-corrected chi connectivity index (χ4v) is 7.56. The number of nitrogens with zero attached hydrogens (tertiary/aromatic N) is 2. The van der Waals surface area contributed by atoms with Crippen LogP contribution in [0.15, 0.2) is 0 Å². The van der Waals surface area contributed by atoms with Gasteiger partial charge in [0.25, 0.3) is 0 Å². The van der Waals surface area contributed by atoms with Crippen LogP contribution in [0.1, 0.15) is 87.5 Å². The Bertz CT molecular complexity index is 558.